The van der Waals surface area contributed by atoms with Gasteiger partial charge in [-0.15, -0.1) is 0 Å². The first kappa shape index (κ1) is 23.5. The van der Waals surface area contributed by atoms with Gasteiger partial charge in [0.05, 0.1) is 12.5 Å². The molecule has 7 heteroatoms. The second-order valence-electron chi connectivity index (χ2n) is 11.8. The molecule has 1 fully saturated rings. The number of carbonyl (C=O) groups excluding carboxylic acids is 1. The Balaban J connectivity index is 2.07. The van der Waals surface area contributed by atoms with Gasteiger partial charge in [0.2, 0.25) is 0 Å². The van der Waals surface area contributed by atoms with Crippen LogP contribution in [0.2, 0.25) is 36.3 Å². The van der Waals surface area contributed by atoms with Gasteiger partial charge in [-0.2, -0.15) is 0 Å². The van der Waals surface area contributed by atoms with Crippen molar-refractivity contribution in [3.05, 3.63) is 30.2 Å². The lowest BCUT2D eigenvalue weighted by Gasteiger charge is -2.44. The molecule has 2 aliphatic rings. The lowest BCUT2D eigenvalue weighted by molar-refractivity contribution is -0.151. The first-order chi connectivity index (χ1) is 13.5. The Bertz CT molecular complexity index is 827. The van der Waals surface area contributed by atoms with E-state index in [0.717, 1.165) is 11.1 Å². The number of fused-ring (bicyclic) bond motifs is 2. The topological polar surface area (TPSA) is 57.9 Å². The monoisotopic (exact) mass is 450 g/mol. The average molecular weight is 451 g/mol. The van der Waals surface area contributed by atoms with Crippen molar-refractivity contribution in [2.24, 2.45) is 0 Å². The van der Waals surface area contributed by atoms with E-state index in [9.17, 15) is 4.79 Å². The SMILES string of the molecule is CC(C)(C)[Si](C)(C)O[C@@H]1C(c2ccoc2)=C[C@]2(O[Si](C)(C)C(C)(C)C)C[C@H]1OC2=O. The summed E-state index contributed by atoms with van der Waals surface area (Å²) in [5.41, 5.74) is 0.812. The molecule has 0 saturated carbocycles. The molecule has 1 aliphatic carbocycles. The Morgan fingerprint density at radius 1 is 1.03 bits per heavy atom. The van der Waals surface area contributed by atoms with Crippen molar-refractivity contribution in [2.45, 2.75) is 102 Å². The van der Waals surface area contributed by atoms with Crippen molar-refractivity contribution >= 4 is 28.2 Å². The van der Waals surface area contributed by atoms with E-state index in [1.54, 1.807) is 12.5 Å². The summed E-state index contributed by atoms with van der Waals surface area (Å²) in [5.74, 6) is -0.292. The molecular formula is C23H38O5Si2. The predicted octanol–water partition coefficient (Wildman–Crippen LogP) is 6.14. The molecule has 2 bridgehead atoms. The number of furan rings is 1. The Morgan fingerprint density at radius 3 is 2.13 bits per heavy atom. The van der Waals surface area contributed by atoms with Gasteiger partial charge in [0.1, 0.15) is 12.2 Å². The molecule has 0 radical (unpaired) electrons. The number of hydrogen-bond acceptors (Lipinski definition) is 5. The fourth-order valence-corrected chi connectivity index (χ4v) is 6.22. The summed E-state index contributed by atoms with van der Waals surface area (Å²) >= 11 is 0. The summed E-state index contributed by atoms with van der Waals surface area (Å²) in [4.78, 5) is 13.2. The van der Waals surface area contributed by atoms with E-state index >= 15 is 0 Å². The molecule has 5 nitrogen and oxygen atoms in total. The summed E-state index contributed by atoms with van der Waals surface area (Å²) in [7, 11) is -4.32. The van der Waals surface area contributed by atoms with Crippen LogP contribution in [0, 0.1) is 0 Å². The molecule has 3 rings (SSSR count). The standard InChI is InChI=1S/C23H38O5Si2/c1-21(2,3)29(7,8)27-19-17(16-11-12-25-15-16)13-23(14-18(19)26-20(23)24)28-30(9,10)22(4,5)6/h11-13,15,18-19H,14H2,1-10H3/t18-,19-,23+/m1/s1. The quantitative estimate of drug-likeness (QED) is 0.398. The first-order valence-electron chi connectivity index (χ1n) is 10.8. The van der Waals surface area contributed by atoms with Gasteiger partial charge in [0, 0.05) is 12.0 Å². The summed E-state index contributed by atoms with van der Waals surface area (Å²) < 4.78 is 24.8. The summed E-state index contributed by atoms with van der Waals surface area (Å²) in [6.45, 7) is 22.0. The van der Waals surface area contributed by atoms with E-state index in [0.29, 0.717) is 6.42 Å². The molecule has 3 atom stereocenters. The van der Waals surface area contributed by atoms with Gasteiger partial charge in [-0.1, -0.05) is 41.5 Å². The second-order valence-corrected chi connectivity index (χ2v) is 21.3. The molecule has 1 aromatic heterocycles. The minimum Gasteiger partial charge on any atom is -0.472 e. The third kappa shape index (κ3) is 4.01. The fourth-order valence-electron chi connectivity index (χ4n) is 3.51. The van der Waals surface area contributed by atoms with Gasteiger partial charge in [-0.05, 0) is 54.0 Å². The molecule has 0 N–H and O–H groups in total. The molecule has 0 spiro atoms. The molecule has 1 aromatic rings. The Morgan fingerprint density at radius 2 is 1.63 bits per heavy atom. The zero-order valence-corrected chi connectivity index (χ0v) is 22.2. The Hall–Kier alpha value is -1.16. The highest BCUT2D eigenvalue weighted by Gasteiger charge is 2.60. The van der Waals surface area contributed by atoms with Crippen LogP contribution in [-0.4, -0.2) is 40.4 Å². The zero-order valence-electron chi connectivity index (χ0n) is 20.2. The average Bonchev–Trinajstić information content (AvgIpc) is 3.16. The Labute approximate surface area is 183 Å². The summed E-state index contributed by atoms with van der Waals surface area (Å²) in [5, 5.41) is 0.0293. The van der Waals surface area contributed by atoms with Crippen molar-refractivity contribution in [2.75, 3.05) is 0 Å². The number of rotatable bonds is 5. The fraction of sp³-hybridized carbons (Fsp3) is 0.696. The van der Waals surface area contributed by atoms with Gasteiger partial charge in [0.15, 0.2) is 22.2 Å². The van der Waals surface area contributed by atoms with E-state index in [1.807, 2.05) is 12.1 Å². The molecular weight excluding hydrogens is 412 g/mol. The number of hydrogen-bond donors (Lipinski definition) is 0. The highest BCUT2D eigenvalue weighted by atomic mass is 28.4. The van der Waals surface area contributed by atoms with Crippen LogP contribution < -0.4 is 0 Å². The van der Waals surface area contributed by atoms with Crippen molar-refractivity contribution in [1.29, 1.82) is 0 Å². The van der Waals surface area contributed by atoms with Gasteiger partial charge < -0.3 is 18.0 Å². The highest BCUT2D eigenvalue weighted by molar-refractivity contribution is 6.74. The maximum Gasteiger partial charge on any atom is 0.341 e. The molecule has 1 saturated heterocycles. The van der Waals surface area contributed by atoms with Crippen LogP contribution in [0.1, 0.15) is 53.5 Å². The van der Waals surface area contributed by atoms with Crippen molar-refractivity contribution in [1.82, 2.24) is 0 Å². The maximum absolute atomic E-state index is 13.2. The third-order valence-corrected chi connectivity index (χ3v) is 16.4. The van der Waals surface area contributed by atoms with E-state index in [2.05, 4.69) is 67.7 Å². The normalized spacial score (nSPS) is 27.8. The minimum absolute atomic E-state index is 0.0156. The molecule has 0 amide bonds. The lowest BCUT2D eigenvalue weighted by Crippen LogP contribution is -2.53. The summed E-state index contributed by atoms with van der Waals surface area (Å²) in [6, 6.07) is 1.92. The third-order valence-electron chi connectivity index (χ3n) is 7.47. The Kier molecular flexibility index (Phi) is 5.63. The molecule has 168 valence electrons. The summed E-state index contributed by atoms with van der Waals surface area (Å²) in [6.07, 6.45) is 5.17. The number of esters is 1. The molecule has 2 heterocycles. The van der Waals surface area contributed by atoms with Crippen LogP contribution in [0.15, 0.2) is 29.1 Å². The van der Waals surface area contributed by atoms with E-state index in [-0.39, 0.29) is 28.3 Å². The predicted molar refractivity (Wildman–Crippen MR) is 124 cm³/mol. The largest absolute Gasteiger partial charge is 0.472 e. The first-order valence-corrected chi connectivity index (χ1v) is 16.7. The van der Waals surface area contributed by atoms with E-state index in [4.69, 9.17) is 18.0 Å². The smallest absolute Gasteiger partial charge is 0.341 e. The highest BCUT2D eigenvalue weighted by Crippen LogP contribution is 2.50. The van der Waals surface area contributed by atoms with Gasteiger partial charge >= 0.3 is 5.97 Å². The molecule has 0 unspecified atom stereocenters. The molecule has 1 aliphatic heterocycles. The van der Waals surface area contributed by atoms with E-state index in [1.165, 1.54) is 0 Å². The van der Waals surface area contributed by atoms with Gasteiger partial charge in [-0.25, -0.2) is 4.79 Å². The van der Waals surface area contributed by atoms with E-state index < -0.39 is 22.2 Å². The minimum atomic E-state index is -2.21. The van der Waals surface area contributed by atoms with Crippen molar-refractivity contribution in [3.63, 3.8) is 0 Å². The van der Waals surface area contributed by atoms with Crippen LogP contribution >= 0.6 is 0 Å². The second kappa shape index (κ2) is 7.19. The van der Waals surface area contributed by atoms with Gasteiger partial charge in [0.25, 0.3) is 0 Å². The zero-order chi connectivity index (χ0) is 22.8. The van der Waals surface area contributed by atoms with Crippen molar-refractivity contribution in [3.8, 4) is 0 Å². The number of carbonyl (C=O) groups is 1. The molecule has 0 aromatic carbocycles. The van der Waals surface area contributed by atoms with Crippen LogP contribution in [0.5, 0.6) is 0 Å². The van der Waals surface area contributed by atoms with Crippen LogP contribution in [0.4, 0.5) is 0 Å². The maximum atomic E-state index is 13.2. The van der Waals surface area contributed by atoms with Gasteiger partial charge in [-0.3, -0.25) is 0 Å². The van der Waals surface area contributed by atoms with Crippen LogP contribution in [0.25, 0.3) is 5.57 Å². The van der Waals surface area contributed by atoms with Crippen LogP contribution in [-0.2, 0) is 18.4 Å². The molecule has 30 heavy (non-hydrogen) atoms. The van der Waals surface area contributed by atoms with Crippen LogP contribution in [0.3, 0.4) is 0 Å². The number of ether oxygens (including phenoxy) is 1. The van der Waals surface area contributed by atoms with Crippen molar-refractivity contribution < 1.29 is 22.8 Å². The lowest BCUT2D eigenvalue weighted by atomic mass is 9.83.